The van der Waals surface area contributed by atoms with Crippen molar-refractivity contribution in [3.05, 3.63) is 0 Å². The van der Waals surface area contributed by atoms with Gasteiger partial charge >= 0.3 is 11.9 Å². The maximum atomic E-state index is 11.7. The molecular weight excluding hydrogens is 268 g/mol. The Hall–Kier alpha value is -1.06. The van der Waals surface area contributed by atoms with Crippen molar-refractivity contribution in [3.63, 3.8) is 0 Å². The molecule has 2 N–H and O–H groups in total. The van der Waals surface area contributed by atoms with Crippen molar-refractivity contribution in [1.29, 1.82) is 0 Å². The van der Waals surface area contributed by atoms with Crippen LogP contribution in [0.5, 0.6) is 0 Å². The molecule has 0 aliphatic rings. The van der Waals surface area contributed by atoms with Gasteiger partial charge < -0.3 is 10.2 Å². The fourth-order valence-electron chi connectivity index (χ4n) is 3.32. The predicted molar refractivity (Wildman–Crippen MR) is 84.4 cm³/mol. The lowest BCUT2D eigenvalue weighted by atomic mass is 9.59. The second-order valence-corrected chi connectivity index (χ2v) is 6.30. The van der Waals surface area contributed by atoms with Gasteiger partial charge in [0.25, 0.3) is 0 Å². The quantitative estimate of drug-likeness (QED) is 0.404. The summed E-state index contributed by atoms with van der Waals surface area (Å²) < 4.78 is 0. The van der Waals surface area contributed by atoms with Crippen LogP contribution in [-0.2, 0) is 9.59 Å². The summed E-state index contributed by atoms with van der Waals surface area (Å²) in [7, 11) is 0. The van der Waals surface area contributed by atoms with E-state index < -0.39 is 22.8 Å². The molecule has 0 aromatic heterocycles. The van der Waals surface area contributed by atoms with E-state index >= 15 is 0 Å². The average Bonchev–Trinajstić information content (AvgIpc) is 2.43. The molecule has 124 valence electrons. The molecule has 1 atom stereocenters. The number of hydrogen-bond acceptors (Lipinski definition) is 2. The van der Waals surface area contributed by atoms with Gasteiger partial charge in [0.1, 0.15) is 0 Å². The van der Waals surface area contributed by atoms with Crippen molar-refractivity contribution in [2.45, 2.75) is 85.5 Å². The number of rotatable bonds is 12. The summed E-state index contributed by atoms with van der Waals surface area (Å²) in [6.45, 7) is 7.55. The molecule has 0 aliphatic heterocycles. The second kappa shape index (κ2) is 9.06. The minimum Gasteiger partial charge on any atom is -0.480 e. The van der Waals surface area contributed by atoms with E-state index in [2.05, 4.69) is 6.92 Å². The Balaban J connectivity index is 4.88. The number of carbonyl (C=O) groups is 2. The predicted octanol–water partition coefficient (Wildman–Crippen LogP) is 4.72. The van der Waals surface area contributed by atoms with Crippen LogP contribution in [0.15, 0.2) is 0 Å². The van der Waals surface area contributed by atoms with Crippen LogP contribution in [0.1, 0.15) is 85.5 Å². The van der Waals surface area contributed by atoms with Gasteiger partial charge in [-0.25, -0.2) is 0 Å². The van der Waals surface area contributed by atoms with Crippen molar-refractivity contribution >= 4 is 11.9 Å². The highest BCUT2D eigenvalue weighted by Gasteiger charge is 2.57. The maximum absolute atomic E-state index is 11.7. The Kier molecular flexibility index (Phi) is 8.60. The summed E-state index contributed by atoms with van der Waals surface area (Å²) in [6.07, 6.45) is 8.07. The zero-order valence-corrected chi connectivity index (χ0v) is 14.1. The fraction of sp³-hybridized carbons (Fsp3) is 0.882. The molecule has 21 heavy (non-hydrogen) atoms. The van der Waals surface area contributed by atoms with Gasteiger partial charge in [0.05, 0.1) is 0 Å². The van der Waals surface area contributed by atoms with Crippen LogP contribution in [0.4, 0.5) is 0 Å². The van der Waals surface area contributed by atoms with E-state index in [0.29, 0.717) is 12.8 Å². The van der Waals surface area contributed by atoms with Gasteiger partial charge in [0, 0.05) is 0 Å². The SMILES string of the molecule is CCCCCCCCC(C)(CC)C(CC)(C(=O)O)C(=O)O. The molecular formula is C17H32O4. The maximum Gasteiger partial charge on any atom is 0.321 e. The summed E-state index contributed by atoms with van der Waals surface area (Å²) in [5.41, 5.74) is -2.38. The van der Waals surface area contributed by atoms with Crippen LogP contribution in [0, 0.1) is 10.8 Å². The molecule has 0 spiro atoms. The first-order valence-electron chi connectivity index (χ1n) is 8.29. The summed E-state index contributed by atoms with van der Waals surface area (Å²) in [4.78, 5) is 23.4. The third-order valence-corrected chi connectivity index (χ3v) is 5.15. The van der Waals surface area contributed by atoms with Crippen LogP contribution in [0.25, 0.3) is 0 Å². The molecule has 0 saturated carbocycles. The van der Waals surface area contributed by atoms with Crippen LogP contribution in [0.2, 0.25) is 0 Å². The number of hydrogen-bond donors (Lipinski definition) is 2. The molecule has 1 unspecified atom stereocenters. The molecule has 0 aromatic carbocycles. The van der Waals surface area contributed by atoms with Crippen LogP contribution in [-0.4, -0.2) is 22.2 Å². The lowest BCUT2D eigenvalue weighted by molar-refractivity contribution is -0.177. The number of aliphatic carboxylic acids is 2. The third kappa shape index (κ3) is 4.45. The minimum atomic E-state index is -1.68. The van der Waals surface area contributed by atoms with Crippen molar-refractivity contribution in [2.24, 2.45) is 10.8 Å². The summed E-state index contributed by atoms with van der Waals surface area (Å²) in [5, 5.41) is 19.1. The Morgan fingerprint density at radius 2 is 1.29 bits per heavy atom. The first kappa shape index (κ1) is 19.9. The van der Waals surface area contributed by atoms with Gasteiger partial charge in [-0.05, 0) is 24.7 Å². The Morgan fingerprint density at radius 1 is 0.810 bits per heavy atom. The highest BCUT2D eigenvalue weighted by molar-refractivity contribution is 5.99. The van der Waals surface area contributed by atoms with Crippen LogP contribution in [0.3, 0.4) is 0 Å². The third-order valence-electron chi connectivity index (χ3n) is 5.15. The highest BCUT2D eigenvalue weighted by Crippen LogP contribution is 2.49. The Labute approximate surface area is 128 Å². The molecule has 4 heteroatoms. The summed E-state index contributed by atoms with van der Waals surface area (Å²) >= 11 is 0. The smallest absolute Gasteiger partial charge is 0.321 e. The van der Waals surface area contributed by atoms with E-state index in [1.54, 1.807) is 6.92 Å². The van der Waals surface area contributed by atoms with Gasteiger partial charge in [-0.1, -0.05) is 66.2 Å². The largest absolute Gasteiger partial charge is 0.480 e. The molecule has 0 aliphatic carbocycles. The fourth-order valence-corrected chi connectivity index (χ4v) is 3.32. The molecule has 0 bridgehead atoms. The molecule has 0 radical (unpaired) electrons. The number of unbranched alkanes of at least 4 members (excludes halogenated alkanes) is 5. The van der Waals surface area contributed by atoms with Gasteiger partial charge in [-0.2, -0.15) is 0 Å². The zero-order valence-electron chi connectivity index (χ0n) is 14.1. The molecule has 0 amide bonds. The van der Waals surface area contributed by atoms with E-state index in [9.17, 15) is 19.8 Å². The van der Waals surface area contributed by atoms with Gasteiger partial charge in [-0.15, -0.1) is 0 Å². The minimum absolute atomic E-state index is 0.123. The van der Waals surface area contributed by atoms with Crippen molar-refractivity contribution in [1.82, 2.24) is 0 Å². The van der Waals surface area contributed by atoms with Gasteiger partial charge in [-0.3, -0.25) is 9.59 Å². The van der Waals surface area contributed by atoms with E-state index in [4.69, 9.17) is 0 Å². The van der Waals surface area contributed by atoms with Gasteiger partial charge in [0.2, 0.25) is 0 Å². The number of carboxylic acids is 2. The second-order valence-electron chi connectivity index (χ2n) is 6.30. The van der Waals surface area contributed by atoms with E-state index in [1.807, 2.05) is 13.8 Å². The normalized spacial score (nSPS) is 14.7. The monoisotopic (exact) mass is 300 g/mol. The summed E-state index contributed by atoms with van der Waals surface area (Å²) in [5.74, 6) is -2.40. The van der Waals surface area contributed by atoms with Crippen LogP contribution < -0.4 is 0 Å². The van der Waals surface area contributed by atoms with E-state index in [0.717, 1.165) is 19.3 Å². The topological polar surface area (TPSA) is 74.6 Å². The Bertz CT molecular complexity index is 324. The lowest BCUT2D eigenvalue weighted by Gasteiger charge is -2.42. The standard InChI is InChI=1S/C17H32O4/c1-5-8-9-10-11-12-13-16(4,6-2)17(7-3,14(18)19)15(20)21/h5-13H2,1-4H3,(H,18,19)(H,20,21). The zero-order chi connectivity index (χ0) is 16.5. The van der Waals surface area contributed by atoms with Crippen molar-refractivity contribution in [2.75, 3.05) is 0 Å². The highest BCUT2D eigenvalue weighted by atomic mass is 16.4. The Morgan fingerprint density at radius 3 is 1.67 bits per heavy atom. The molecule has 0 aromatic rings. The summed E-state index contributed by atoms with van der Waals surface area (Å²) in [6, 6.07) is 0. The first-order chi connectivity index (χ1) is 9.82. The van der Waals surface area contributed by atoms with Crippen molar-refractivity contribution in [3.8, 4) is 0 Å². The van der Waals surface area contributed by atoms with Gasteiger partial charge in [0.15, 0.2) is 5.41 Å². The lowest BCUT2D eigenvalue weighted by Crippen LogP contribution is -2.51. The average molecular weight is 300 g/mol. The molecule has 0 fully saturated rings. The van der Waals surface area contributed by atoms with Crippen LogP contribution >= 0.6 is 0 Å². The van der Waals surface area contributed by atoms with E-state index in [1.165, 1.54) is 19.3 Å². The molecule has 4 nitrogen and oxygen atoms in total. The molecule has 0 rings (SSSR count). The molecule has 0 heterocycles. The number of carboxylic acid groups (broad SMARTS) is 2. The molecule has 0 saturated heterocycles. The van der Waals surface area contributed by atoms with E-state index in [-0.39, 0.29) is 6.42 Å². The van der Waals surface area contributed by atoms with Crippen molar-refractivity contribution < 1.29 is 19.8 Å². The first-order valence-corrected chi connectivity index (χ1v) is 8.29.